The highest BCUT2D eigenvalue weighted by molar-refractivity contribution is 5.79. The van der Waals surface area contributed by atoms with Crippen molar-refractivity contribution in [1.82, 2.24) is 34.4 Å². The molecular formula is C26H28FN7O2. The third kappa shape index (κ3) is 4.05. The second-order valence-corrected chi connectivity index (χ2v) is 9.63. The van der Waals surface area contributed by atoms with Gasteiger partial charge in [0.15, 0.2) is 5.65 Å². The predicted molar refractivity (Wildman–Crippen MR) is 131 cm³/mol. The van der Waals surface area contributed by atoms with Gasteiger partial charge in [0.2, 0.25) is 0 Å². The zero-order chi connectivity index (χ0) is 24.8. The first kappa shape index (κ1) is 22.8. The largest absolute Gasteiger partial charge is 0.490 e. The highest BCUT2D eigenvalue weighted by Gasteiger charge is 2.39. The molecule has 0 spiro atoms. The molecule has 0 N–H and O–H groups in total. The summed E-state index contributed by atoms with van der Waals surface area (Å²) in [6, 6.07) is 6.47. The fourth-order valence-electron chi connectivity index (χ4n) is 5.54. The molecule has 2 fully saturated rings. The topological polar surface area (TPSA) is 91.1 Å². The van der Waals surface area contributed by atoms with Gasteiger partial charge in [0.1, 0.15) is 35.3 Å². The Kier molecular flexibility index (Phi) is 5.75. The maximum absolute atomic E-state index is 15.4. The van der Waals surface area contributed by atoms with Crippen molar-refractivity contribution in [2.45, 2.75) is 57.3 Å². The highest BCUT2D eigenvalue weighted by Crippen LogP contribution is 2.36. The molecule has 3 aromatic heterocycles. The Balaban J connectivity index is 1.32. The predicted octanol–water partition coefficient (Wildman–Crippen LogP) is 3.79. The maximum Gasteiger partial charge on any atom is 0.318 e. The summed E-state index contributed by atoms with van der Waals surface area (Å²) < 4.78 is 28.7. The summed E-state index contributed by atoms with van der Waals surface area (Å²) in [5.74, 6) is 0.813. The van der Waals surface area contributed by atoms with Gasteiger partial charge in [-0.05, 0) is 45.7 Å². The lowest BCUT2D eigenvalue weighted by atomic mass is 10.0. The number of fused-ring (bicyclic) bond motifs is 3. The fourth-order valence-corrected chi connectivity index (χ4v) is 5.54. The van der Waals surface area contributed by atoms with Gasteiger partial charge in [-0.1, -0.05) is 6.07 Å². The lowest BCUT2D eigenvalue weighted by Gasteiger charge is -2.36. The number of benzene rings is 1. The average molecular weight is 490 g/mol. The van der Waals surface area contributed by atoms with E-state index in [0.717, 1.165) is 12.8 Å². The second-order valence-electron chi connectivity index (χ2n) is 9.63. The van der Waals surface area contributed by atoms with Crippen molar-refractivity contribution in [1.29, 1.82) is 0 Å². The minimum absolute atomic E-state index is 0.123. The summed E-state index contributed by atoms with van der Waals surface area (Å²) in [6.45, 7) is 2.06. The van der Waals surface area contributed by atoms with Gasteiger partial charge in [-0.15, -0.1) is 0 Å². The van der Waals surface area contributed by atoms with Gasteiger partial charge in [0.05, 0.1) is 24.9 Å². The summed E-state index contributed by atoms with van der Waals surface area (Å²) >= 11 is 0. The van der Waals surface area contributed by atoms with Gasteiger partial charge >= 0.3 is 6.01 Å². The van der Waals surface area contributed by atoms with E-state index in [-0.39, 0.29) is 24.5 Å². The SMILES string of the molecule is COc1nc(C)c2nc(-c3cncnc3)n(Cc3ccc(OC4CC5CCC(C4)N5C)cc3F)c2n1. The lowest BCUT2D eigenvalue weighted by Crippen LogP contribution is -2.43. The molecule has 2 saturated heterocycles. The Morgan fingerprint density at radius 1 is 1.06 bits per heavy atom. The first-order valence-electron chi connectivity index (χ1n) is 12.2. The van der Waals surface area contributed by atoms with E-state index in [1.807, 2.05) is 17.6 Å². The third-order valence-corrected chi connectivity index (χ3v) is 7.46. The van der Waals surface area contributed by atoms with E-state index < -0.39 is 0 Å². The molecule has 186 valence electrons. The molecule has 2 aliphatic rings. The third-order valence-electron chi connectivity index (χ3n) is 7.46. The molecule has 2 aliphatic heterocycles. The quantitative estimate of drug-likeness (QED) is 0.404. The van der Waals surface area contributed by atoms with Crippen LogP contribution in [0.3, 0.4) is 0 Å². The highest BCUT2D eigenvalue weighted by atomic mass is 19.1. The molecule has 0 saturated carbocycles. The van der Waals surface area contributed by atoms with Gasteiger partial charge in [-0.2, -0.15) is 9.97 Å². The Labute approximate surface area is 208 Å². The number of imidazole rings is 1. The minimum Gasteiger partial charge on any atom is -0.490 e. The van der Waals surface area contributed by atoms with Gasteiger partial charge in [-0.25, -0.2) is 19.3 Å². The molecule has 1 aromatic carbocycles. The van der Waals surface area contributed by atoms with Crippen molar-refractivity contribution in [3.63, 3.8) is 0 Å². The Morgan fingerprint density at radius 2 is 1.81 bits per heavy atom. The van der Waals surface area contributed by atoms with E-state index in [2.05, 4.69) is 31.9 Å². The van der Waals surface area contributed by atoms with Crippen molar-refractivity contribution in [3.05, 3.63) is 54.0 Å². The molecule has 9 nitrogen and oxygen atoms in total. The summed E-state index contributed by atoms with van der Waals surface area (Å²) in [7, 11) is 3.71. The summed E-state index contributed by atoms with van der Waals surface area (Å²) in [5.41, 5.74) is 3.04. The number of aryl methyl sites for hydroxylation is 1. The molecule has 6 rings (SSSR count). The van der Waals surface area contributed by atoms with E-state index in [0.29, 0.717) is 51.6 Å². The molecule has 10 heteroatoms. The second kappa shape index (κ2) is 9.09. The molecule has 0 amide bonds. The van der Waals surface area contributed by atoms with Crippen LogP contribution in [-0.4, -0.2) is 66.7 Å². The van der Waals surface area contributed by atoms with Crippen LogP contribution in [0.2, 0.25) is 0 Å². The first-order chi connectivity index (χ1) is 17.5. The smallest absolute Gasteiger partial charge is 0.318 e. The van der Waals surface area contributed by atoms with Crippen molar-refractivity contribution in [2.24, 2.45) is 0 Å². The van der Waals surface area contributed by atoms with E-state index in [1.54, 1.807) is 18.5 Å². The van der Waals surface area contributed by atoms with Crippen LogP contribution in [0.5, 0.6) is 11.8 Å². The minimum atomic E-state index is -0.335. The van der Waals surface area contributed by atoms with Crippen LogP contribution in [0.1, 0.15) is 36.9 Å². The number of halogens is 1. The van der Waals surface area contributed by atoms with Crippen LogP contribution in [0.25, 0.3) is 22.6 Å². The number of aromatic nitrogens is 6. The van der Waals surface area contributed by atoms with E-state index >= 15 is 4.39 Å². The van der Waals surface area contributed by atoms with Gasteiger partial charge < -0.3 is 18.9 Å². The molecule has 5 heterocycles. The van der Waals surface area contributed by atoms with Crippen LogP contribution in [0, 0.1) is 12.7 Å². The number of hydrogen-bond donors (Lipinski definition) is 0. The molecular weight excluding hydrogens is 461 g/mol. The van der Waals surface area contributed by atoms with Crippen LogP contribution in [0.4, 0.5) is 4.39 Å². The van der Waals surface area contributed by atoms with Crippen molar-refractivity contribution >= 4 is 11.2 Å². The zero-order valence-corrected chi connectivity index (χ0v) is 20.6. The van der Waals surface area contributed by atoms with Crippen LogP contribution in [-0.2, 0) is 6.54 Å². The van der Waals surface area contributed by atoms with Crippen molar-refractivity contribution in [3.8, 4) is 23.1 Å². The Bertz CT molecular complexity index is 1400. The van der Waals surface area contributed by atoms with Gasteiger partial charge in [0.25, 0.3) is 0 Å². The molecule has 2 unspecified atom stereocenters. The number of hydrogen-bond acceptors (Lipinski definition) is 8. The number of nitrogens with zero attached hydrogens (tertiary/aromatic N) is 7. The number of rotatable bonds is 6. The van der Waals surface area contributed by atoms with Crippen LogP contribution < -0.4 is 9.47 Å². The normalized spacial score (nSPS) is 21.7. The van der Waals surface area contributed by atoms with E-state index in [9.17, 15) is 0 Å². The molecule has 2 atom stereocenters. The van der Waals surface area contributed by atoms with Gasteiger partial charge in [0, 0.05) is 36.1 Å². The summed E-state index contributed by atoms with van der Waals surface area (Å²) in [4.78, 5) is 24.3. The van der Waals surface area contributed by atoms with Crippen LogP contribution in [0.15, 0.2) is 36.9 Å². The zero-order valence-electron chi connectivity index (χ0n) is 20.6. The molecule has 36 heavy (non-hydrogen) atoms. The van der Waals surface area contributed by atoms with Crippen molar-refractivity contribution < 1.29 is 13.9 Å². The Hall–Kier alpha value is -3.66. The standard InChI is InChI=1S/C26H28FN7O2/c1-15-23-25(32-26(30-15)35-3)34(24(31-23)17-11-28-14-29-12-17)13-16-4-7-20(10-22(16)27)36-21-8-18-5-6-19(9-21)33(18)2/h4,7,10-12,14,18-19,21H,5-6,8-9,13H2,1-3H3. The van der Waals surface area contributed by atoms with Crippen LogP contribution >= 0.6 is 0 Å². The van der Waals surface area contributed by atoms with E-state index in [4.69, 9.17) is 14.5 Å². The molecule has 4 aromatic rings. The maximum atomic E-state index is 15.4. The lowest BCUT2D eigenvalue weighted by molar-refractivity contribution is 0.0659. The Morgan fingerprint density at radius 3 is 2.50 bits per heavy atom. The number of methoxy groups -OCH3 is 1. The molecule has 2 bridgehead atoms. The number of piperidine rings is 1. The first-order valence-corrected chi connectivity index (χ1v) is 12.2. The van der Waals surface area contributed by atoms with E-state index in [1.165, 1.54) is 32.3 Å². The molecule has 0 aliphatic carbocycles. The fraction of sp³-hybridized carbons (Fsp3) is 0.423. The summed E-state index contributed by atoms with van der Waals surface area (Å²) in [5, 5.41) is 0. The van der Waals surface area contributed by atoms with Crippen molar-refractivity contribution in [2.75, 3.05) is 14.2 Å². The summed E-state index contributed by atoms with van der Waals surface area (Å²) in [6.07, 6.45) is 9.34. The average Bonchev–Trinajstić information content (AvgIpc) is 3.33. The van der Waals surface area contributed by atoms with Gasteiger partial charge in [-0.3, -0.25) is 0 Å². The monoisotopic (exact) mass is 489 g/mol. The molecule has 0 radical (unpaired) electrons. The number of ether oxygens (including phenoxy) is 2.